The molecule has 0 amide bonds. The number of aromatic nitrogens is 3. The molecule has 1 atom stereocenters. The highest BCUT2D eigenvalue weighted by Gasteiger charge is 2.21. The summed E-state index contributed by atoms with van der Waals surface area (Å²) in [4.78, 5) is 0. The number of methoxy groups -OCH3 is 1. The fourth-order valence-electron chi connectivity index (χ4n) is 2.89. The standard InChI is InChI=1S/C16H22N4O/c1-11-6-7-14(21-3)13(9-11)10-17-12(2)16-19-18-15-5-4-8-20(15)16/h6-7,9,12,17H,4-5,8,10H2,1-3H3/t12-/m1/s1. The molecular formula is C16H22N4O. The van der Waals surface area contributed by atoms with E-state index in [4.69, 9.17) is 4.74 Å². The van der Waals surface area contributed by atoms with E-state index in [1.807, 2.05) is 6.07 Å². The summed E-state index contributed by atoms with van der Waals surface area (Å²) in [6.07, 6.45) is 2.22. The second kappa shape index (κ2) is 5.85. The first-order valence-electron chi connectivity index (χ1n) is 7.48. The smallest absolute Gasteiger partial charge is 0.149 e. The van der Waals surface area contributed by atoms with Gasteiger partial charge >= 0.3 is 0 Å². The van der Waals surface area contributed by atoms with E-state index >= 15 is 0 Å². The predicted molar refractivity (Wildman–Crippen MR) is 81.3 cm³/mol. The molecule has 2 aromatic rings. The fraction of sp³-hybridized carbons (Fsp3) is 0.500. The molecule has 1 N–H and O–H groups in total. The van der Waals surface area contributed by atoms with Gasteiger partial charge in [0.1, 0.15) is 17.4 Å². The minimum atomic E-state index is 0.176. The van der Waals surface area contributed by atoms with Crippen LogP contribution in [-0.2, 0) is 19.5 Å². The van der Waals surface area contributed by atoms with Gasteiger partial charge in [-0.2, -0.15) is 0 Å². The Hall–Kier alpha value is -1.88. The molecular weight excluding hydrogens is 264 g/mol. The van der Waals surface area contributed by atoms with Crippen LogP contribution in [0.15, 0.2) is 18.2 Å². The molecule has 1 aliphatic heterocycles. The quantitative estimate of drug-likeness (QED) is 0.917. The number of nitrogens with zero attached hydrogens (tertiary/aromatic N) is 3. The Morgan fingerprint density at radius 3 is 3.05 bits per heavy atom. The zero-order valence-electron chi connectivity index (χ0n) is 12.9. The maximum Gasteiger partial charge on any atom is 0.149 e. The van der Waals surface area contributed by atoms with Crippen molar-refractivity contribution in [3.63, 3.8) is 0 Å². The SMILES string of the molecule is COc1ccc(C)cc1CN[C@H](C)c1nnc2n1CCC2. The topological polar surface area (TPSA) is 52.0 Å². The molecule has 0 fully saturated rings. The van der Waals surface area contributed by atoms with Gasteiger partial charge in [-0.05, 0) is 26.3 Å². The van der Waals surface area contributed by atoms with Crippen molar-refractivity contribution < 1.29 is 4.74 Å². The highest BCUT2D eigenvalue weighted by atomic mass is 16.5. The van der Waals surface area contributed by atoms with E-state index in [1.54, 1.807) is 7.11 Å². The largest absolute Gasteiger partial charge is 0.496 e. The molecule has 0 saturated carbocycles. The van der Waals surface area contributed by atoms with Gasteiger partial charge in [0, 0.05) is 25.1 Å². The Morgan fingerprint density at radius 2 is 2.24 bits per heavy atom. The molecule has 5 heteroatoms. The average Bonchev–Trinajstić information content (AvgIpc) is 3.07. The summed E-state index contributed by atoms with van der Waals surface area (Å²) >= 11 is 0. The Bertz CT molecular complexity index is 635. The fourth-order valence-corrected chi connectivity index (χ4v) is 2.89. The first-order valence-corrected chi connectivity index (χ1v) is 7.48. The molecule has 5 nitrogen and oxygen atoms in total. The van der Waals surface area contributed by atoms with Gasteiger partial charge in [-0.15, -0.1) is 10.2 Å². The van der Waals surface area contributed by atoms with Crippen molar-refractivity contribution in [3.8, 4) is 5.75 Å². The van der Waals surface area contributed by atoms with Crippen molar-refractivity contribution in [2.75, 3.05) is 7.11 Å². The summed E-state index contributed by atoms with van der Waals surface area (Å²) in [7, 11) is 1.71. The zero-order valence-corrected chi connectivity index (χ0v) is 12.9. The Morgan fingerprint density at radius 1 is 1.38 bits per heavy atom. The highest BCUT2D eigenvalue weighted by molar-refractivity contribution is 5.36. The lowest BCUT2D eigenvalue weighted by molar-refractivity contribution is 0.405. The molecule has 1 aromatic heterocycles. The number of benzene rings is 1. The summed E-state index contributed by atoms with van der Waals surface area (Å²) in [6.45, 7) is 6.03. The number of ether oxygens (including phenoxy) is 1. The van der Waals surface area contributed by atoms with Crippen molar-refractivity contribution in [1.29, 1.82) is 0 Å². The first kappa shape index (κ1) is 14.1. The number of fused-ring (bicyclic) bond motifs is 1. The van der Waals surface area contributed by atoms with Crippen LogP contribution in [0.4, 0.5) is 0 Å². The maximum absolute atomic E-state index is 5.42. The van der Waals surface area contributed by atoms with Crippen LogP contribution in [0.1, 0.15) is 42.2 Å². The van der Waals surface area contributed by atoms with Crippen LogP contribution >= 0.6 is 0 Å². The van der Waals surface area contributed by atoms with Crippen molar-refractivity contribution >= 4 is 0 Å². The molecule has 2 heterocycles. The molecule has 0 spiro atoms. The average molecular weight is 286 g/mol. The number of aryl methyl sites for hydroxylation is 2. The van der Waals surface area contributed by atoms with Crippen LogP contribution in [0.5, 0.6) is 5.75 Å². The molecule has 21 heavy (non-hydrogen) atoms. The lowest BCUT2D eigenvalue weighted by Crippen LogP contribution is -2.22. The van der Waals surface area contributed by atoms with Crippen molar-refractivity contribution in [3.05, 3.63) is 41.0 Å². The lowest BCUT2D eigenvalue weighted by Gasteiger charge is -2.16. The molecule has 0 aliphatic carbocycles. The van der Waals surface area contributed by atoms with Crippen LogP contribution in [0.2, 0.25) is 0 Å². The molecule has 112 valence electrons. The van der Waals surface area contributed by atoms with Gasteiger partial charge in [0.2, 0.25) is 0 Å². The number of nitrogens with one attached hydrogen (secondary N) is 1. The molecule has 1 aliphatic rings. The monoisotopic (exact) mass is 286 g/mol. The second-order valence-corrected chi connectivity index (χ2v) is 5.65. The van der Waals surface area contributed by atoms with E-state index < -0.39 is 0 Å². The third kappa shape index (κ3) is 2.78. The van der Waals surface area contributed by atoms with E-state index in [2.05, 4.69) is 46.1 Å². The summed E-state index contributed by atoms with van der Waals surface area (Å²) in [6, 6.07) is 6.42. The van der Waals surface area contributed by atoms with Gasteiger partial charge in [0.15, 0.2) is 0 Å². The third-order valence-electron chi connectivity index (χ3n) is 4.06. The van der Waals surface area contributed by atoms with Crippen molar-refractivity contribution in [1.82, 2.24) is 20.1 Å². The minimum absolute atomic E-state index is 0.176. The van der Waals surface area contributed by atoms with Crippen LogP contribution < -0.4 is 10.1 Å². The molecule has 0 radical (unpaired) electrons. The summed E-state index contributed by atoms with van der Waals surface area (Å²) in [5, 5.41) is 12.1. The van der Waals surface area contributed by atoms with Gasteiger partial charge in [-0.3, -0.25) is 0 Å². The first-order chi connectivity index (χ1) is 10.2. The predicted octanol–water partition coefficient (Wildman–Crippen LogP) is 2.39. The van der Waals surface area contributed by atoms with E-state index in [1.165, 1.54) is 17.5 Å². The molecule has 0 saturated heterocycles. The number of rotatable bonds is 5. The van der Waals surface area contributed by atoms with Gasteiger partial charge in [-0.1, -0.05) is 17.7 Å². The summed E-state index contributed by atoms with van der Waals surface area (Å²) < 4.78 is 7.67. The van der Waals surface area contributed by atoms with Gasteiger partial charge in [-0.25, -0.2) is 0 Å². The second-order valence-electron chi connectivity index (χ2n) is 5.65. The molecule has 3 rings (SSSR count). The van der Waals surface area contributed by atoms with Gasteiger partial charge in [0.25, 0.3) is 0 Å². The maximum atomic E-state index is 5.42. The highest BCUT2D eigenvalue weighted by Crippen LogP contribution is 2.22. The Labute approximate surface area is 125 Å². The summed E-state index contributed by atoms with van der Waals surface area (Å²) in [5.41, 5.74) is 2.41. The van der Waals surface area contributed by atoms with Crippen LogP contribution in [-0.4, -0.2) is 21.9 Å². The Balaban J connectivity index is 1.71. The third-order valence-corrected chi connectivity index (χ3v) is 4.06. The minimum Gasteiger partial charge on any atom is -0.496 e. The van der Waals surface area contributed by atoms with Gasteiger partial charge < -0.3 is 14.6 Å². The normalized spacial score (nSPS) is 15.0. The number of hydrogen-bond acceptors (Lipinski definition) is 4. The van der Waals surface area contributed by atoms with Crippen LogP contribution in [0.25, 0.3) is 0 Å². The van der Waals surface area contributed by atoms with E-state index in [9.17, 15) is 0 Å². The summed E-state index contributed by atoms with van der Waals surface area (Å²) in [5.74, 6) is 3.08. The molecule has 0 unspecified atom stereocenters. The molecule has 1 aromatic carbocycles. The van der Waals surface area contributed by atoms with Crippen LogP contribution in [0.3, 0.4) is 0 Å². The lowest BCUT2D eigenvalue weighted by atomic mass is 10.1. The van der Waals surface area contributed by atoms with Crippen LogP contribution in [0, 0.1) is 6.92 Å². The van der Waals surface area contributed by atoms with E-state index in [-0.39, 0.29) is 6.04 Å². The van der Waals surface area contributed by atoms with Crippen molar-refractivity contribution in [2.24, 2.45) is 0 Å². The molecule has 0 bridgehead atoms. The van der Waals surface area contributed by atoms with Gasteiger partial charge in [0.05, 0.1) is 13.2 Å². The zero-order chi connectivity index (χ0) is 14.8. The van der Waals surface area contributed by atoms with E-state index in [0.717, 1.165) is 36.9 Å². The van der Waals surface area contributed by atoms with Crippen molar-refractivity contribution in [2.45, 2.75) is 45.8 Å². The number of hydrogen-bond donors (Lipinski definition) is 1. The Kier molecular flexibility index (Phi) is 3.92. The van der Waals surface area contributed by atoms with E-state index in [0.29, 0.717) is 0 Å².